The molecule has 24 heavy (non-hydrogen) atoms. The predicted octanol–water partition coefficient (Wildman–Crippen LogP) is 3.69. The molecule has 1 amide bonds. The molecule has 0 aliphatic rings. The van der Waals surface area contributed by atoms with Crippen LogP contribution in [0.25, 0.3) is 11.1 Å². The quantitative estimate of drug-likeness (QED) is 0.780. The third-order valence-corrected chi connectivity index (χ3v) is 3.71. The molecule has 0 fully saturated rings. The fourth-order valence-corrected chi connectivity index (χ4v) is 2.46. The number of nitrogens with zero attached hydrogens (tertiary/aromatic N) is 1. The van der Waals surface area contributed by atoms with Gasteiger partial charge in [-0.15, -0.1) is 0 Å². The normalized spacial score (nSPS) is 10.2. The maximum atomic E-state index is 12.6. The van der Waals surface area contributed by atoms with Gasteiger partial charge < -0.3 is 10.1 Å². The van der Waals surface area contributed by atoms with E-state index in [0.717, 1.165) is 16.8 Å². The number of methoxy groups -OCH3 is 1. The Kier molecular flexibility index (Phi) is 4.87. The molecule has 1 aromatic heterocycles. The zero-order valence-corrected chi connectivity index (χ0v) is 13.4. The first kappa shape index (κ1) is 15.7. The third kappa shape index (κ3) is 3.60. The van der Waals surface area contributed by atoms with Crippen LogP contribution in [0.3, 0.4) is 0 Å². The van der Waals surface area contributed by atoms with Crippen LogP contribution in [0.1, 0.15) is 16.1 Å². The summed E-state index contributed by atoms with van der Waals surface area (Å²) in [5, 5.41) is 2.89. The van der Waals surface area contributed by atoms with Crippen molar-refractivity contribution in [3.8, 4) is 16.9 Å². The predicted molar refractivity (Wildman–Crippen MR) is 93.8 cm³/mol. The average Bonchev–Trinajstić information content (AvgIpc) is 2.67. The molecule has 0 atom stereocenters. The van der Waals surface area contributed by atoms with Gasteiger partial charge in [-0.3, -0.25) is 9.78 Å². The number of amides is 1. The number of pyridine rings is 1. The second-order valence-electron chi connectivity index (χ2n) is 5.28. The molecule has 0 spiro atoms. The van der Waals surface area contributed by atoms with E-state index in [2.05, 4.69) is 10.3 Å². The van der Waals surface area contributed by atoms with Crippen LogP contribution in [-0.2, 0) is 6.54 Å². The van der Waals surface area contributed by atoms with Crippen LogP contribution in [-0.4, -0.2) is 18.0 Å². The number of rotatable bonds is 5. The Morgan fingerprint density at radius 2 is 1.79 bits per heavy atom. The number of hydrogen-bond donors (Lipinski definition) is 1. The van der Waals surface area contributed by atoms with E-state index in [0.29, 0.717) is 17.9 Å². The Bertz CT molecular complexity index is 818. The molecule has 0 aliphatic heterocycles. The second kappa shape index (κ2) is 7.42. The van der Waals surface area contributed by atoms with E-state index >= 15 is 0 Å². The molecule has 3 rings (SSSR count). The molecule has 0 radical (unpaired) electrons. The monoisotopic (exact) mass is 318 g/mol. The highest BCUT2D eigenvalue weighted by Gasteiger charge is 2.13. The van der Waals surface area contributed by atoms with Crippen molar-refractivity contribution in [3.63, 3.8) is 0 Å². The maximum Gasteiger partial charge on any atom is 0.255 e. The minimum atomic E-state index is -0.185. The number of hydrogen-bond acceptors (Lipinski definition) is 3. The lowest BCUT2D eigenvalue weighted by Crippen LogP contribution is -2.23. The minimum absolute atomic E-state index is 0.185. The molecule has 1 heterocycles. The first-order chi connectivity index (χ1) is 11.8. The summed E-state index contributed by atoms with van der Waals surface area (Å²) in [6, 6.07) is 21.2. The Morgan fingerprint density at radius 1 is 1.00 bits per heavy atom. The van der Waals surface area contributed by atoms with Crippen molar-refractivity contribution in [2.45, 2.75) is 6.54 Å². The number of benzene rings is 2. The van der Waals surface area contributed by atoms with Gasteiger partial charge in [-0.2, -0.15) is 0 Å². The van der Waals surface area contributed by atoms with Gasteiger partial charge in [0.15, 0.2) is 0 Å². The van der Waals surface area contributed by atoms with Crippen LogP contribution in [0.2, 0.25) is 0 Å². The second-order valence-corrected chi connectivity index (χ2v) is 5.28. The van der Waals surface area contributed by atoms with Crippen LogP contribution < -0.4 is 10.1 Å². The van der Waals surface area contributed by atoms with Crippen molar-refractivity contribution in [1.29, 1.82) is 0 Å². The average molecular weight is 318 g/mol. The summed E-state index contributed by atoms with van der Waals surface area (Å²) in [4.78, 5) is 16.8. The molecular formula is C20H18N2O2. The Labute approximate surface area is 141 Å². The van der Waals surface area contributed by atoms with Gasteiger partial charge in [-0.25, -0.2) is 0 Å². The lowest BCUT2D eigenvalue weighted by atomic mass is 10.0. The highest BCUT2D eigenvalue weighted by atomic mass is 16.5. The number of aromatic nitrogens is 1. The SMILES string of the molecule is COc1ccc(-c2ccccc2)cc1C(=O)NCc1ccccn1. The fraction of sp³-hybridized carbons (Fsp3) is 0.100. The molecule has 0 aliphatic carbocycles. The summed E-state index contributed by atoms with van der Waals surface area (Å²) in [7, 11) is 1.56. The summed E-state index contributed by atoms with van der Waals surface area (Å²) < 4.78 is 5.33. The molecule has 0 saturated heterocycles. The summed E-state index contributed by atoms with van der Waals surface area (Å²) in [6.45, 7) is 0.373. The Hall–Kier alpha value is -3.14. The molecule has 4 heteroatoms. The molecule has 120 valence electrons. The first-order valence-electron chi connectivity index (χ1n) is 7.69. The summed E-state index contributed by atoms with van der Waals surface area (Å²) in [5.74, 6) is 0.364. The zero-order chi connectivity index (χ0) is 16.8. The molecule has 0 saturated carbocycles. The topological polar surface area (TPSA) is 51.2 Å². The smallest absolute Gasteiger partial charge is 0.255 e. The van der Waals surface area contributed by atoms with Crippen molar-refractivity contribution in [1.82, 2.24) is 10.3 Å². The molecular weight excluding hydrogens is 300 g/mol. The molecule has 4 nitrogen and oxygen atoms in total. The lowest BCUT2D eigenvalue weighted by molar-refractivity contribution is 0.0947. The first-order valence-corrected chi connectivity index (χ1v) is 7.69. The number of nitrogens with one attached hydrogen (secondary N) is 1. The maximum absolute atomic E-state index is 12.6. The van der Waals surface area contributed by atoms with Crippen molar-refractivity contribution in [3.05, 3.63) is 84.2 Å². The number of carbonyl (C=O) groups excluding carboxylic acids is 1. The van der Waals surface area contributed by atoms with Crippen molar-refractivity contribution in [2.75, 3.05) is 7.11 Å². The van der Waals surface area contributed by atoms with Gasteiger partial charge in [-0.1, -0.05) is 42.5 Å². The molecule has 0 unspecified atom stereocenters. The highest BCUT2D eigenvalue weighted by molar-refractivity contribution is 5.98. The summed E-state index contributed by atoms with van der Waals surface area (Å²) in [6.07, 6.45) is 1.71. The largest absolute Gasteiger partial charge is 0.496 e. The van der Waals surface area contributed by atoms with Gasteiger partial charge >= 0.3 is 0 Å². The lowest BCUT2D eigenvalue weighted by Gasteiger charge is -2.11. The van der Waals surface area contributed by atoms with Gasteiger partial charge in [0.05, 0.1) is 24.9 Å². The van der Waals surface area contributed by atoms with Crippen LogP contribution in [0.15, 0.2) is 72.9 Å². The van der Waals surface area contributed by atoms with Gasteiger partial charge in [-0.05, 0) is 35.4 Å². The van der Waals surface area contributed by atoms with Crippen LogP contribution in [0, 0.1) is 0 Å². The molecule has 1 N–H and O–H groups in total. The van der Waals surface area contributed by atoms with Crippen molar-refractivity contribution < 1.29 is 9.53 Å². The molecule has 3 aromatic rings. The number of ether oxygens (including phenoxy) is 1. The van der Waals surface area contributed by atoms with E-state index in [4.69, 9.17) is 4.74 Å². The van der Waals surface area contributed by atoms with E-state index in [1.54, 1.807) is 13.3 Å². The molecule has 2 aromatic carbocycles. The Morgan fingerprint density at radius 3 is 2.50 bits per heavy atom. The third-order valence-electron chi connectivity index (χ3n) is 3.71. The van der Waals surface area contributed by atoms with Crippen molar-refractivity contribution >= 4 is 5.91 Å². The molecule has 0 bridgehead atoms. The van der Waals surface area contributed by atoms with Gasteiger partial charge in [0.1, 0.15) is 5.75 Å². The zero-order valence-electron chi connectivity index (χ0n) is 13.4. The van der Waals surface area contributed by atoms with Gasteiger partial charge in [0.25, 0.3) is 5.91 Å². The van der Waals surface area contributed by atoms with E-state index < -0.39 is 0 Å². The van der Waals surface area contributed by atoms with Gasteiger partial charge in [0, 0.05) is 6.20 Å². The number of carbonyl (C=O) groups is 1. The van der Waals surface area contributed by atoms with E-state index in [1.165, 1.54) is 0 Å². The van der Waals surface area contributed by atoms with E-state index in [1.807, 2.05) is 66.7 Å². The van der Waals surface area contributed by atoms with E-state index in [-0.39, 0.29) is 5.91 Å². The summed E-state index contributed by atoms with van der Waals surface area (Å²) in [5.41, 5.74) is 3.34. The van der Waals surface area contributed by atoms with Gasteiger partial charge in [0.2, 0.25) is 0 Å². The van der Waals surface area contributed by atoms with Crippen LogP contribution in [0.4, 0.5) is 0 Å². The van der Waals surface area contributed by atoms with Crippen LogP contribution in [0.5, 0.6) is 5.75 Å². The van der Waals surface area contributed by atoms with Crippen LogP contribution >= 0.6 is 0 Å². The van der Waals surface area contributed by atoms with Crippen molar-refractivity contribution in [2.24, 2.45) is 0 Å². The Balaban J connectivity index is 1.84. The minimum Gasteiger partial charge on any atom is -0.496 e. The standard InChI is InChI=1S/C20H18N2O2/c1-24-19-11-10-16(15-7-3-2-4-8-15)13-18(19)20(23)22-14-17-9-5-6-12-21-17/h2-13H,14H2,1H3,(H,22,23). The van der Waals surface area contributed by atoms with E-state index in [9.17, 15) is 4.79 Å². The highest BCUT2D eigenvalue weighted by Crippen LogP contribution is 2.26. The fourth-order valence-electron chi connectivity index (χ4n) is 2.46. The summed E-state index contributed by atoms with van der Waals surface area (Å²) >= 11 is 0.